The Hall–Kier alpha value is -1.35. The topological polar surface area (TPSA) is 41.1 Å². The lowest BCUT2D eigenvalue weighted by atomic mass is 10.2. The van der Waals surface area contributed by atoms with Crippen molar-refractivity contribution in [3.8, 4) is 0 Å². The largest absolute Gasteiger partial charge is 0.329 e. The van der Waals surface area contributed by atoms with Gasteiger partial charge in [0.25, 0.3) is 0 Å². The molecule has 78 valence electrons. The third-order valence-corrected chi connectivity index (χ3v) is 1.60. The lowest BCUT2D eigenvalue weighted by molar-refractivity contribution is -0.105. The number of benzene rings is 1. The van der Waals surface area contributed by atoms with E-state index >= 15 is 0 Å². The van der Waals surface area contributed by atoms with Crippen molar-refractivity contribution in [1.29, 1.82) is 0 Å². The number of nitrogens with one attached hydrogen (secondary N) is 2. The molecule has 0 bridgehead atoms. The first-order valence-electron chi connectivity index (χ1n) is 4.66. The Labute approximate surface area is 85.5 Å². The molecular formula is C11H18N2O. The summed E-state index contributed by atoms with van der Waals surface area (Å²) in [4.78, 5) is 9.97. The third-order valence-electron chi connectivity index (χ3n) is 1.60. The van der Waals surface area contributed by atoms with Crippen LogP contribution in [-0.2, 0) is 4.79 Å². The Bertz CT molecular complexity index is 259. The Balaban J connectivity index is 0.000000364. The first-order chi connectivity index (χ1) is 6.74. The van der Waals surface area contributed by atoms with Crippen LogP contribution >= 0.6 is 0 Å². The molecule has 3 heteroatoms. The summed E-state index contributed by atoms with van der Waals surface area (Å²) in [5, 5.41) is 5.50. The van der Waals surface area contributed by atoms with Gasteiger partial charge >= 0.3 is 0 Å². The van der Waals surface area contributed by atoms with Gasteiger partial charge in [-0.1, -0.05) is 19.1 Å². The number of carbonyl (C=O) groups is 1. The molecule has 0 unspecified atom stereocenters. The van der Waals surface area contributed by atoms with Gasteiger partial charge < -0.3 is 10.6 Å². The van der Waals surface area contributed by atoms with E-state index in [9.17, 15) is 4.79 Å². The summed E-state index contributed by atoms with van der Waals surface area (Å²) < 4.78 is 0. The molecule has 0 radical (unpaired) electrons. The summed E-state index contributed by atoms with van der Waals surface area (Å²) in [5.41, 5.74) is 1.99. The highest BCUT2D eigenvalue weighted by molar-refractivity contribution is 5.71. The van der Waals surface area contributed by atoms with E-state index in [1.165, 1.54) is 0 Å². The molecule has 2 N–H and O–H groups in total. The second kappa shape index (κ2) is 8.26. The molecule has 0 atom stereocenters. The molecule has 1 amide bonds. The van der Waals surface area contributed by atoms with Crippen molar-refractivity contribution in [3.05, 3.63) is 29.8 Å². The predicted octanol–water partition coefficient (Wildman–Crippen LogP) is 1.79. The molecule has 0 fully saturated rings. The van der Waals surface area contributed by atoms with Crippen LogP contribution in [-0.4, -0.2) is 20.0 Å². The van der Waals surface area contributed by atoms with Gasteiger partial charge in [0.15, 0.2) is 0 Å². The zero-order chi connectivity index (χ0) is 10.8. The van der Waals surface area contributed by atoms with Crippen molar-refractivity contribution in [2.45, 2.75) is 13.8 Å². The maximum atomic E-state index is 9.97. The Morgan fingerprint density at radius 2 is 2.07 bits per heavy atom. The number of carbonyl (C=O) groups excluding carboxylic acids is 1. The van der Waals surface area contributed by atoms with Crippen LogP contribution in [0.25, 0.3) is 0 Å². The lowest BCUT2D eigenvalue weighted by Gasteiger charge is -1.97. The molecule has 14 heavy (non-hydrogen) atoms. The predicted molar refractivity (Wildman–Crippen MR) is 60.5 cm³/mol. The van der Waals surface area contributed by atoms with Gasteiger partial charge in [0.2, 0.25) is 6.41 Å². The maximum absolute atomic E-state index is 9.97. The second-order valence-corrected chi connectivity index (χ2v) is 2.84. The summed E-state index contributed by atoms with van der Waals surface area (Å²) in [6, 6.07) is 7.65. The van der Waals surface area contributed by atoms with Crippen LogP contribution in [0.5, 0.6) is 0 Å². The van der Waals surface area contributed by atoms with Crippen LogP contribution < -0.4 is 10.6 Å². The number of rotatable bonds is 3. The Morgan fingerprint density at radius 3 is 2.50 bits per heavy atom. The van der Waals surface area contributed by atoms with Crippen LogP contribution in [0.3, 0.4) is 0 Å². The molecule has 1 rings (SSSR count). The van der Waals surface area contributed by atoms with E-state index < -0.39 is 0 Å². The normalized spacial score (nSPS) is 8.50. The standard InChI is InChI=1S/C8H9NO.C3H9N/c1-7-3-2-4-8(5-7)9-6-10;1-3-4-2/h2-6H,1H3,(H,9,10);4H,3H2,1-2H3. The van der Waals surface area contributed by atoms with Crippen molar-refractivity contribution in [2.24, 2.45) is 0 Å². The van der Waals surface area contributed by atoms with Gasteiger partial charge in [-0.05, 0) is 38.2 Å². The van der Waals surface area contributed by atoms with E-state index in [2.05, 4.69) is 17.6 Å². The summed E-state index contributed by atoms with van der Waals surface area (Å²) in [6.45, 7) is 5.12. The zero-order valence-electron chi connectivity index (χ0n) is 9.00. The molecule has 0 saturated carbocycles. The van der Waals surface area contributed by atoms with Gasteiger partial charge in [0.1, 0.15) is 0 Å². The second-order valence-electron chi connectivity index (χ2n) is 2.84. The number of hydrogen-bond donors (Lipinski definition) is 2. The van der Waals surface area contributed by atoms with Crippen LogP contribution in [0.4, 0.5) is 5.69 Å². The molecule has 0 spiro atoms. The highest BCUT2D eigenvalue weighted by Crippen LogP contribution is 2.07. The highest BCUT2D eigenvalue weighted by atomic mass is 16.1. The first-order valence-corrected chi connectivity index (χ1v) is 4.66. The van der Waals surface area contributed by atoms with Gasteiger partial charge in [-0.2, -0.15) is 0 Å². The minimum absolute atomic E-state index is 0.675. The Morgan fingerprint density at radius 1 is 1.43 bits per heavy atom. The fourth-order valence-corrected chi connectivity index (χ4v) is 0.803. The first kappa shape index (κ1) is 12.7. The van der Waals surface area contributed by atoms with Crippen molar-refractivity contribution in [1.82, 2.24) is 5.32 Å². The smallest absolute Gasteiger partial charge is 0.211 e. The monoisotopic (exact) mass is 194 g/mol. The van der Waals surface area contributed by atoms with E-state index in [-0.39, 0.29) is 0 Å². The van der Waals surface area contributed by atoms with E-state index in [0.29, 0.717) is 6.41 Å². The summed E-state index contributed by atoms with van der Waals surface area (Å²) >= 11 is 0. The Kier molecular flexibility index (Phi) is 7.46. The molecule has 0 aliphatic rings. The van der Waals surface area contributed by atoms with E-state index in [1.807, 2.05) is 38.2 Å². The molecule has 0 aliphatic heterocycles. The van der Waals surface area contributed by atoms with Crippen molar-refractivity contribution >= 4 is 12.1 Å². The summed E-state index contributed by atoms with van der Waals surface area (Å²) in [7, 11) is 1.93. The molecule has 0 aromatic heterocycles. The van der Waals surface area contributed by atoms with Crippen LogP contribution in [0.15, 0.2) is 24.3 Å². The van der Waals surface area contributed by atoms with Gasteiger partial charge in [0.05, 0.1) is 0 Å². The van der Waals surface area contributed by atoms with E-state index in [4.69, 9.17) is 0 Å². The van der Waals surface area contributed by atoms with Gasteiger partial charge in [-0.3, -0.25) is 4.79 Å². The average Bonchev–Trinajstić information content (AvgIpc) is 2.19. The highest BCUT2D eigenvalue weighted by Gasteiger charge is 1.87. The fraction of sp³-hybridized carbons (Fsp3) is 0.364. The van der Waals surface area contributed by atoms with Crippen LogP contribution in [0.1, 0.15) is 12.5 Å². The molecule has 0 aliphatic carbocycles. The number of anilines is 1. The number of amides is 1. The third kappa shape index (κ3) is 6.20. The minimum atomic E-state index is 0.675. The number of aryl methyl sites for hydroxylation is 1. The van der Waals surface area contributed by atoms with Crippen LogP contribution in [0, 0.1) is 6.92 Å². The summed E-state index contributed by atoms with van der Waals surface area (Å²) in [6.07, 6.45) is 0.675. The van der Waals surface area contributed by atoms with Gasteiger partial charge in [-0.15, -0.1) is 0 Å². The quantitative estimate of drug-likeness (QED) is 0.720. The SMILES string of the molecule is CCNC.Cc1cccc(NC=O)c1. The number of hydrogen-bond acceptors (Lipinski definition) is 2. The maximum Gasteiger partial charge on any atom is 0.211 e. The van der Waals surface area contributed by atoms with E-state index in [0.717, 1.165) is 17.8 Å². The van der Waals surface area contributed by atoms with Crippen molar-refractivity contribution in [3.63, 3.8) is 0 Å². The molecule has 1 aromatic carbocycles. The van der Waals surface area contributed by atoms with Crippen molar-refractivity contribution in [2.75, 3.05) is 18.9 Å². The summed E-state index contributed by atoms with van der Waals surface area (Å²) in [5.74, 6) is 0. The van der Waals surface area contributed by atoms with Gasteiger partial charge in [-0.25, -0.2) is 0 Å². The fourth-order valence-electron chi connectivity index (χ4n) is 0.803. The molecule has 3 nitrogen and oxygen atoms in total. The molecule has 1 aromatic rings. The van der Waals surface area contributed by atoms with Crippen molar-refractivity contribution < 1.29 is 4.79 Å². The minimum Gasteiger partial charge on any atom is -0.329 e. The van der Waals surface area contributed by atoms with E-state index in [1.54, 1.807) is 0 Å². The molecule has 0 heterocycles. The van der Waals surface area contributed by atoms with Crippen LogP contribution in [0.2, 0.25) is 0 Å². The zero-order valence-corrected chi connectivity index (χ0v) is 9.00. The van der Waals surface area contributed by atoms with Gasteiger partial charge in [0, 0.05) is 5.69 Å². The lowest BCUT2D eigenvalue weighted by Crippen LogP contribution is -2.01. The average molecular weight is 194 g/mol. The molecule has 0 saturated heterocycles. The molecular weight excluding hydrogens is 176 g/mol.